The average Bonchev–Trinajstić information content (AvgIpc) is 2.67. The summed E-state index contributed by atoms with van der Waals surface area (Å²) in [7, 11) is 0. The molecule has 1 aromatic carbocycles. The number of ether oxygens (including phenoxy) is 1. The highest BCUT2D eigenvalue weighted by Gasteiger charge is 2.36. The third-order valence-corrected chi connectivity index (χ3v) is 4.31. The van der Waals surface area contributed by atoms with Crippen molar-refractivity contribution in [3.05, 3.63) is 34.3 Å². The predicted molar refractivity (Wildman–Crippen MR) is 75.5 cm³/mol. The fourth-order valence-electron chi connectivity index (χ4n) is 2.23. The Morgan fingerprint density at radius 2 is 2.39 bits per heavy atom. The van der Waals surface area contributed by atoms with Crippen molar-refractivity contribution >= 4 is 15.9 Å². The van der Waals surface area contributed by atoms with Crippen molar-refractivity contribution in [2.24, 2.45) is 0 Å². The number of aliphatic hydroxyl groups excluding tert-OH is 1. The summed E-state index contributed by atoms with van der Waals surface area (Å²) in [5, 5.41) is 13.6. The number of nitrogens with one attached hydrogen (secondary N) is 1. The van der Waals surface area contributed by atoms with Gasteiger partial charge in [0.25, 0.3) is 0 Å². The normalized spacial score (nSPS) is 29.4. The summed E-state index contributed by atoms with van der Waals surface area (Å²) in [5.74, 6) is 0. The highest BCUT2D eigenvalue weighted by atomic mass is 79.9. The van der Waals surface area contributed by atoms with Gasteiger partial charge in [0.2, 0.25) is 0 Å². The molecule has 3 unspecified atom stereocenters. The minimum absolute atomic E-state index is 0.0347. The molecule has 100 valence electrons. The molecule has 1 heterocycles. The molecule has 1 aliphatic rings. The Labute approximate surface area is 117 Å². The number of hydrogen-bond donors (Lipinski definition) is 2. The second kappa shape index (κ2) is 5.70. The molecule has 0 aliphatic carbocycles. The first-order chi connectivity index (χ1) is 8.51. The molecule has 1 saturated heterocycles. The Hall–Kier alpha value is -0.420. The summed E-state index contributed by atoms with van der Waals surface area (Å²) in [6.45, 7) is 5.56. The van der Waals surface area contributed by atoms with Crippen LogP contribution in [0.1, 0.15) is 31.9 Å². The van der Waals surface area contributed by atoms with E-state index in [1.54, 1.807) is 0 Å². The first kappa shape index (κ1) is 14.0. The highest BCUT2D eigenvalue weighted by Crippen LogP contribution is 2.26. The predicted octanol–water partition coefficient (Wildman–Crippen LogP) is 2.64. The van der Waals surface area contributed by atoms with Gasteiger partial charge < -0.3 is 15.2 Å². The number of rotatable bonds is 4. The summed E-state index contributed by atoms with van der Waals surface area (Å²) in [6, 6.07) is 7.78. The summed E-state index contributed by atoms with van der Waals surface area (Å²) in [6.07, 6.45) is 0.679. The maximum absolute atomic E-state index is 10.2. The molecule has 3 nitrogen and oxygen atoms in total. The van der Waals surface area contributed by atoms with Gasteiger partial charge >= 0.3 is 0 Å². The molecule has 0 bridgehead atoms. The van der Waals surface area contributed by atoms with Crippen LogP contribution in [0.4, 0.5) is 0 Å². The van der Waals surface area contributed by atoms with Crippen LogP contribution in [0, 0.1) is 0 Å². The number of β-amino-alcohol motifs (C(OH)–C–C–N with tert-alkyl or cyclic N) is 1. The van der Waals surface area contributed by atoms with Crippen molar-refractivity contribution in [2.45, 2.75) is 38.0 Å². The molecule has 0 aromatic heterocycles. The molecule has 0 spiro atoms. The molecule has 1 fully saturated rings. The summed E-state index contributed by atoms with van der Waals surface area (Å²) in [5.41, 5.74) is 0.888. The van der Waals surface area contributed by atoms with E-state index in [0.717, 1.165) is 23.1 Å². The number of hydrogen-bond acceptors (Lipinski definition) is 3. The molecule has 1 aromatic rings. The largest absolute Gasteiger partial charge is 0.387 e. The fourth-order valence-corrected chi connectivity index (χ4v) is 2.65. The van der Waals surface area contributed by atoms with Crippen LogP contribution in [-0.2, 0) is 4.74 Å². The Morgan fingerprint density at radius 1 is 1.61 bits per heavy atom. The maximum Gasteiger partial charge on any atom is 0.0914 e. The zero-order valence-electron chi connectivity index (χ0n) is 10.8. The Balaban J connectivity index is 1.94. The van der Waals surface area contributed by atoms with Gasteiger partial charge in [-0.15, -0.1) is 0 Å². The Morgan fingerprint density at radius 3 is 3.00 bits per heavy atom. The number of aliphatic hydroxyl groups is 1. The van der Waals surface area contributed by atoms with Crippen LogP contribution in [0.3, 0.4) is 0 Å². The monoisotopic (exact) mass is 313 g/mol. The van der Waals surface area contributed by atoms with E-state index >= 15 is 0 Å². The second-order valence-electron chi connectivity index (χ2n) is 5.13. The van der Waals surface area contributed by atoms with E-state index in [9.17, 15) is 5.11 Å². The van der Waals surface area contributed by atoms with E-state index in [1.807, 2.05) is 24.3 Å². The first-order valence-electron chi connectivity index (χ1n) is 6.31. The van der Waals surface area contributed by atoms with Crippen LogP contribution in [0.15, 0.2) is 28.7 Å². The lowest BCUT2D eigenvalue weighted by molar-refractivity contribution is 0.0800. The minimum Gasteiger partial charge on any atom is -0.387 e. The van der Waals surface area contributed by atoms with Crippen LogP contribution < -0.4 is 5.32 Å². The van der Waals surface area contributed by atoms with Crippen molar-refractivity contribution in [3.8, 4) is 0 Å². The van der Waals surface area contributed by atoms with Crippen molar-refractivity contribution in [1.82, 2.24) is 5.32 Å². The van der Waals surface area contributed by atoms with Gasteiger partial charge in [0.1, 0.15) is 0 Å². The van der Waals surface area contributed by atoms with Crippen molar-refractivity contribution in [1.29, 1.82) is 0 Å². The molecular weight excluding hydrogens is 294 g/mol. The van der Waals surface area contributed by atoms with Gasteiger partial charge in [-0.3, -0.25) is 0 Å². The Bertz CT molecular complexity index is 413. The van der Waals surface area contributed by atoms with Gasteiger partial charge in [0, 0.05) is 23.2 Å². The fraction of sp³-hybridized carbons (Fsp3) is 0.571. The van der Waals surface area contributed by atoms with E-state index < -0.39 is 6.10 Å². The van der Waals surface area contributed by atoms with Gasteiger partial charge in [-0.25, -0.2) is 0 Å². The zero-order chi connectivity index (χ0) is 13.2. The average molecular weight is 314 g/mol. The molecule has 3 atom stereocenters. The van der Waals surface area contributed by atoms with Crippen molar-refractivity contribution in [3.63, 3.8) is 0 Å². The molecular formula is C14H20BrNO2. The lowest BCUT2D eigenvalue weighted by atomic mass is 9.94. The number of halogens is 1. The minimum atomic E-state index is -0.493. The summed E-state index contributed by atoms with van der Waals surface area (Å²) in [4.78, 5) is 0. The highest BCUT2D eigenvalue weighted by molar-refractivity contribution is 9.10. The quantitative estimate of drug-likeness (QED) is 0.898. The van der Waals surface area contributed by atoms with E-state index in [1.165, 1.54) is 0 Å². The standard InChI is InChI=1S/C14H20BrNO2/c1-10-14(2,6-7-18-10)16-9-13(17)11-4-3-5-12(15)8-11/h3-5,8,10,13,16-17H,6-7,9H2,1-2H3. The van der Waals surface area contributed by atoms with Crippen LogP contribution in [0.5, 0.6) is 0 Å². The maximum atomic E-state index is 10.2. The molecule has 2 N–H and O–H groups in total. The van der Waals surface area contributed by atoms with Gasteiger partial charge in [-0.05, 0) is 38.0 Å². The number of benzene rings is 1. The SMILES string of the molecule is CC1OCCC1(C)NCC(O)c1cccc(Br)c1. The third kappa shape index (κ3) is 3.12. The van der Waals surface area contributed by atoms with Crippen LogP contribution in [0.2, 0.25) is 0 Å². The van der Waals surface area contributed by atoms with E-state index in [0.29, 0.717) is 6.54 Å². The summed E-state index contributed by atoms with van der Waals surface area (Å²) < 4.78 is 6.56. The van der Waals surface area contributed by atoms with Crippen LogP contribution in [-0.4, -0.2) is 29.9 Å². The molecule has 0 amide bonds. The first-order valence-corrected chi connectivity index (χ1v) is 7.11. The third-order valence-electron chi connectivity index (χ3n) is 3.82. The van der Waals surface area contributed by atoms with Gasteiger partial charge in [-0.2, -0.15) is 0 Å². The van der Waals surface area contributed by atoms with Gasteiger partial charge in [0.05, 0.1) is 12.2 Å². The van der Waals surface area contributed by atoms with E-state index in [2.05, 4.69) is 35.1 Å². The molecule has 4 heteroatoms. The molecule has 2 rings (SSSR count). The van der Waals surface area contributed by atoms with Gasteiger partial charge in [-0.1, -0.05) is 28.1 Å². The second-order valence-corrected chi connectivity index (χ2v) is 6.05. The van der Waals surface area contributed by atoms with Gasteiger partial charge in [0.15, 0.2) is 0 Å². The summed E-state index contributed by atoms with van der Waals surface area (Å²) >= 11 is 3.42. The molecule has 0 radical (unpaired) electrons. The van der Waals surface area contributed by atoms with Crippen molar-refractivity contribution < 1.29 is 9.84 Å². The van der Waals surface area contributed by atoms with E-state index in [4.69, 9.17) is 4.74 Å². The van der Waals surface area contributed by atoms with Crippen molar-refractivity contribution in [2.75, 3.05) is 13.2 Å². The topological polar surface area (TPSA) is 41.5 Å². The van der Waals surface area contributed by atoms with E-state index in [-0.39, 0.29) is 11.6 Å². The lowest BCUT2D eigenvalue weighted by Gasteiger charge is -2.30. The Kier molecular flexibility index (Phi) is 4.43. The lowest BCUT2D eigenvalue weighted by Crippen LogP contribution is -2.49. The molecule has 18 heavy (non-hydrogen) atoms. The zero-order valence-corrected chi connectivity index (χ0v) is 12.4. The van der Waals surface area contributed by atoms with Crippen LogP contribution in [0.25, 0.3) is 0 Å². The smallest absolute Gasteiger partial charge is 0.0914 e. The van der Waals surface area contributed by atoms with Crippen LogP contribution >= 0.6 is 15.9 Å². The molecule has 0 saturated carbocycles. The molecule has 1 aliphatic heterocycles.